The van der Waals surface area contributed by atoms with Crippen molar-refractivity contribution in [1.29, 1.82) is 0 Å². The molecular formula is C12H23ClF3NO. The van der Waals surface area contributed by atoms with Crippen molar-refractivity contribution >= 4 is 11.6 Å². The van der Waals surface area contributed by atoms with Crippen LogP contribution in [-0.2, 0) is 4.74 Å². The van der Waals surface area contributed by atoms with Gasteiger partial charge in [0, 0.05) is 18.5 Å². The van der Waals surface area contributed by atoms with E-state index in [4.69, 9.17) is 11.6 Å². The summed E-state index contributed by atoms with van der Waals surface area (Å²) in [6.07, 6.45) is -2.79. The van der Waals surface area contributed by atoms with E-state index >= 15 is 0 Å². The van der Waals surface area contributed by atoms with Gasteiger partial charge in [0.15, 0.2) is 0 Å². The van der Waals surface area contributed by atoms with Gasteiger partial charge in [-0.25, -0.2) is 0 Å². The lowest BCUT2D eigenvalue weighted by Gasteiger charge is -2.22. The second kappa shape index (κ2) is 8.23. The Morgan fingerprint density at radius 1 is 1.22 bits per heavy atom. The molecule has 1 unspecified atom stereocenters. The van der Waals surface area contributed by atoms with E-state index in [0.29, 0.717) is 19.5 Å². The average molecular weight is 290 g/mol. The van der Waals surface area contributed by atoms with Gasteiger partial charge in [-0.15, -0.1) is 11.6 Å². The predicted octanol–water partition coefficient (Wildman–Crippen LogP) is 3.59. The highest BCUT2D eigenvalue weighted by atomic mass is 35.5. The van der Waals surface area contributed by atoms with E-state index in [1.807, 2.05) is 0 Å². The molecule has 0 heterocycles. The highest BCUT2D eigenvalue weighted by molar-refractivity contribution is 6.20. The summed E-state index contributed by atoms with van der Waals surface area (Å²) in [6.45, 7) is 6.57. The Bertz CT molecular complexity index is 216. The summed E-state index contributed by atoms with van der Waals surface area (Å²) in [5, 5.41) is 3.15. The third-order valence-electron chi connectivity index (χ3n) is 2.11. The smallest absolute Gasteiger partial charge is 0.372 e. The summed E-state index contributed by atoms with van der Waals surface area (Å²) in [7, 11) is 0. The Labute approximate surface area is 112 Å². The molecule has 110 valence electrons. The van der Waals surface area contributed by atoms with Gasteiger partial charge in [-0.2, -0.15) is 13.2 Å². The van der Waals surface area contributed by atoms with Crippen molar-refractivity contribution in [1.82, 2.24) is 5.32 Å². The average Bonchev–Trinajstić information content (AvgIpc) is 2.11. The third-order valence-corrected chi connectivity index (χ3v) is 2.42. The van der Waals surface area contributed by atoms with Gasteiger partial charge in [-0.1, -0.05) is 20.8 Å². The molecule has 2 nitrogen and oxygen atoms in total. The Morgan fingerprint density at radius 3 is 2.33 bits per heavy atom. The van der Waals surface area contributed by atoms with Gasteiger partial charge in [0.05, 0.1) is 0 Å². The SMILES string of the molecule is CC(C)(C)CC(Cl)CNCCCOCC(F)(F)F. The summed E-state index contributed by atoms with van der Waals surface area (Å²) < 4.78 is 39.7. The van der Waals surface area contributed by atoms with Crippen molar-refractivity contribution in [2.24, 2.45) is 5.41 Å². The van der Waals surface area contributed by atoms with E-state index < -0.39 is 12.8 Å². The minimum absolute atomic E-state index is 0.0427. The Balaban J connectivity index is 3.36. The van der Waals surface area contributed by atoms with E-state index in [2.05, 4.69) is 30.8 Å². The second-order valence-corrected chi connectivity index (χ2v) is 6.20. The zero-order chi connectivity index (χ0) is 14.2. The van der Waals surface area contributed by atoms with Crippen LogP contribution in [0.1, 0.15) is 33.6 Å². The van der Waals surface area contributed by atoms with E-state index in [9.17, 15) is 13.2 Å². The minimum Gasteiger partial charge on any atom is -0.372 e. The molecule has 0 radical (unpaired) electrons. The second-order valence-electron chi connectivity index (χ2n) is 5.59. The maximum atomic E-state index is 11.7. The van der Waals surface area contributed by atoms with Crippen LogP contribution in [0.3, 0.4) is 0 Å². The summed E-state index contributed by atoms with van der Waals surface area (Å²) in [6, 6.07) is 0. The molecule has 1 N–H and O–H groups in total. The fourth-order valence-corrected chi connectivity index (χ4v) is 2.05. The van der Waals surface area contributed by atoms with Gasteiger partial charge in [0.25, 0.3) is 0 Å². The minimum atomic E-state index is -4.23. The quantitative estimate of drug-likeness (QED) is 0.545. The van der Waals surface area contributed by atoms with Crippen molar-refractivity contribution in [3.63, 3.8) is 0 Å². The number of rotatable bonds is 8. The zero-order valence-corrected chi connectivity index (χ0v) is 12.0. The Kier molecular flexibility index (Phi) is 8.23. The first-order valence-corrected chi connectivity index (χ1v) is 6.53. The highest BCUT2D eigenvalue weighted by Gasteiger charge is 2.27. The molecule has 0 aliphatic rings. The molecule has 0 aliphatic carbocycles. The van der Waals surface area contributed by atoms with E-state index in [-0.39, 0.29) is 17.4 Å². The summed E-state index contributed by atoms with van der Waals surface area (Å²) in [5.74, 6) is 0. The molecule has 0 aromatic rings. The monoisotopic (exact) mass is 289 g/mol. The number of halogens is 4. The van der Waals surface area contributed by atoms with Gasteiger partial charge >= 0.3 is 6.18 Å². The first-order chi connectivity index (χ1) is 8.10. The maximum Gasteiger partial charge on any atom is 0.411 e. The van der Waals surface area contributed by atoms with Crippen molar-refractivity contribution in [3.05, 3.63) is 0 Å². The molecule has 0 spiro atoms. The summed E-state index contributed by atoms with van der Waals surface area (Å²) >= 11 is 6.12. The molecular weight excluding hydrogens is 267 g/mol. The van der Waals surface area contributed by atoms with Gasteiger partial charge in [0.2, 0.25) is 0 Å². The first-order valence-electron chi connectivity index (χ1n) is 6.09. The molecule has 6 heteroatoms. The zero-order valence-electron chi connectivity index (χ0n) is 11.2. The van der Waals surface area contributed by atoms with Crippen molar-refractivity contribution in [3.8, 4) is 0 Å². The normalized spacial score (nSPS) is 14.8. The van der Waals surface area contributed by atoms with Gasteiger partial charge in [-0.05, 0) is 24.8 Å². The number of alkyl halides is 4. The molecule has 0 aromatic carbocycles. The number of ether oxygens (including phenoxy) is 1. The third kappa shape index (κ3) is 14.1. The lowest BCUT2D eigenvalue weighted by Crippen LogP contribution is -2.28. The van der Waals surface area contributed by atoms with Crippen LogP contribution >= 0.6 is 11.6 Å². The van der Waals surface area contributed by atoms with E-state index in [1.54, 1.807) is 0 Å². The van der Waals surface area contributed by atoms with Crippen LogP contribution in [0.5, 0.6) is 0 Å². The van der Waals surface area contributed by atoms with Gasteiger partial charge in [0.1, 0.15) is 6.61 Å². The molecule has 0 rings (SSSR count). The van der Waals surface area contributed by atoms with Crippen LogP contribution in [0.25, 0.3) is 0 Å². The topological polar surface area (TPSA) is 21.3 Å². The lowest BCUT2D eigenvalue weighted by atomic mass is 9.90. The maximum absolute atomic E-state index is 11.7. The van der Waals surface area contributed by atoms with Gasteiger partial charge < -0.3 is 10.1 Å². The molecule has 0 bridgehead atoms. The number of hydrogen-bond donors (Lipinski definition) is 1. The van der Waals surface area contributed by atoms with Crippen LogP contribution < -0.4 is 5.32 Å². The standard InChI is InChI=1S/C12H23ClF3NO/c1-11(2,3)7-10(13)8-17-5-4-6-18-9-12(14,15)16/h10,17H,4-9H2,1-3H3. The van der Waals surface area contributed by atoms with Crippen molar-refractivity contribution in [2.75, 3.05) is 26.3 Å². The van der Waals surface area contributed by atoms with Crippen LogP contribution in [0.2, 0.25) is 0 Å². The summed E-state index contributed by atoms with van der Waals surface area (Å²) in [5.41, 5.74) is 0.184. The Morgan fingerprint density at radius 2 is 1.83 bits per heavy atom. The Hall–Kier alpha value is -0.0000000000000000555. The van der Waals surface area contributed by atoms with E-state index in [0.717, 1.165) is 6.42 Å². The van der Waals surface area contributed by atoms with Crippen LogP contribution in [0, 0.1) is 5.41 Å². The number of hydrogen-bond acceptors (Lipinski definition) is 2. The van der Waals surface area contributed by atoms with E-state index in [1.165, 1.54) is 0 Å². The van der Waals surface area contributed by atoms with Gasteiger partial charge in [-0.3, -0.25) is 0 Å². The van der Waals surface area contributed by atoms with Crippen LogP contribution in [-0.4, -0.2) is 37.9 Å². The van der Waals surface area contributed by atoms with Crippen molar-refractivity contribution in [2.45, 2.75) is 45.2 Å². The molecule has 18 heavy (non-hydrogen) atoms. The molecule has 0 saturated carbocycles. The fourth-order valence-electron chi connectivity index (χ4n) is 1.48. The molecule has 1 atom stereocenters. The lowest BCUT2D eigenvalue weighted by molar-refractivity contribution is -0.173. The first kappa shape index (κ1) is 18.0. The largest absolute Gasteiger partial charge is 0.411 e. The molecule has 0 aromatic heterocycles. The molecule has 0 aliphatic heterocycles. The molecule has 0 amide bonds. The number of nitrogens with one attached hydrogen (secondary N) is 1. The summed E-state index contributed by atoms with van der Waals surface area (Å²) in [4.78, 5) is 0. The predicted molar refractivity (Wildman–Crippen MR) is 68.1 cm³/mol. The fraction of sp³-hybridized carbons (Fsp3) is 1.00. The highest BCUT2D eigenvalue weighted by Crippen LogP contribution is 2.23. The van der Waals surface area contributed by atoms with Crippen molar-refractivity contribution < 1.29 is 17.9 Å². The van der Waals surface area contributed by atoms with Crippen LogP contribution in [0.4, 0.5) is 13.2 Å². The van der Waals surface area contributed by atoms with Crippen LogP contribution in [0.15, 0.2) is 0 Å². The molecule has 0 saturated heterocycles. The molecule has 0 fully saturated rings.